The van der Waals surface area contributed by atoms with E-state index in [1.165, 1.54) is 0 Å². The predicted octanol–water partition coefficient (Wildman–Crippen LogP) is 2.25. The van der Waals surface area contributed by atoms with Crippen molar-refractivity contribution in [2.45, 2.75) is 26.2 Å². The van der Waals surface area contributed by atoms with Crippen molar-refractivity contribution in [3.8, 4) is 0 Å². The molecule has 1 N–H and O–H groups in total. The van der Waals surface area contributed by atoms with E-state index >= 15 is 0 Å². The van der Waals surface area contributed by atoms with Crippen LogP contribution in [-0.4, -0.2) is 21.8 Å². The van der Waals surface area contributed by atoms with Gasteiger partial charge in [-0.1, -0.05) is 19.8 Å². The normalized spacial score (nSPS) is 10.6. The standard InChI is InChI=1S/C13H17N3O/c1-2-3-4-7-15-13(17)11-5-6-12-14-8-9-16(12)10-11/h5-6,8-10H,2-4,7H2,1H3,(H,15,17). The zero-order valence-electron chi connectivity index (χ0n) is 10.0. The summed E-state index contributed by atoms with van der Waals surface area (Å²) in [5.41, 5.74) is 1.53. The molecule has 0 radical (unpaired) electrons. The van der Waals surface area contributed by atoms with Gasteiger partial charge in [0, 0.05) is 25.1 Å². The lowest BCUT2D eigenvalue weighted by molar-refractivity contribution is 0.0952. The van der Waals surface area contributed by atoms with Gasteiger partial charge in [-0.15, -0.1) is 0 Å². The van der Waals surface area contributed by atoms with E-state index in [1.807, 2.05) is 16.7 Å². The molecular formula is C13H17N3O. The Kier molecular flexibility index (Phi) is 3.75. The fourth-order valence-corrected chi connectivity index (χ4v) is 1.73. The van der Waals surface area contributed by atoms with Crippen molar-refractivity contribution in [1.82, 2.24) is 14.7 Å². The molecule has 0 unspecified atom stereocenters. The number of imidazole rings is 1. The van der Waals surface area contributed by atoms with Crippen LogP contribution in [0.3, 0.4) is 0 Å². The summed E-state index contributed by atoms with van der Waals surface area (Å²) in [6.45, 7) is 2.89. The Morgan fingerprint density at radius 1 is 1.41 bits per heavy atom. The second-order valence-corrected chi connectivity index (χ2v) is 4.07. The van der Waals surface area contributed by atoms with Crippen molar-refractivity contribution in [2.75, 3.05) is 6.54 Å². The second kappa shape index (κ2) is 5.48. The van der Waals surface area contributed by atoms with Crippen LogP contribution in [0.15, 0.2) is 30.7 Å². The van der Waals surface area contributed by atoms with E-state index in [-0.39, 0.29) is 5.91 Å². The number of rotatable bonds is 5. The van der Waals surface area contributed by atoms with E-state index in [9.17, 15) is 4.79 Å². The number of pyridine rings is 1. The molecule has 90 valence electrons. The van der Waals surface area contributed by atoms with Gasteiger partial charge < -0.3 is 9.72 Å². The van der Waals surface area contributed by atoms with E-state index < -0.39 is 0 Å². The molecule has 2 rings (SSSR count). The molecule has 0 atom stereocenters. The van der Waals surface area contributed by atoms with Crippen molar-refractivity contribution in [1.29, 1.82) is 0 Å². The minimum atomic E-state index is -0.0169. The number of unbranched alkanes of at least 4 members (excludes halogenated alkanes) is 2. The van der Waals surface area contributed by atoms with E-state index in [1.54, 1.807) is 18.5 Å². The largest absolute Gasteiger partial charge is 0.352 e. The summed E-state index contributed by atoms with van der Waals surface area (Å²) in [6.07, 6.45) is 8.71. The van der Waals surface area contributed by atoms with Crippen LogP contribution >= 0.6 is 0 Å². The van der Waals surface area contributed by atoms with Crippen LogP contribution in [0.1, 0.15) is 36.5 Å². The van der Waals surface area contributed by atoms with Crippen LogP contribution in [0, 0.1) is 0 Å². The first-order valence-corrected chi connectivity index (χ1v) is 6.02. The average molecular weight is 231 g/mol. The third kappa shape index (κ3) is 2.84. The van der Waals surface area contributed by atoms with E-state index in [0.29, 0.717) is 5.56 Å². The predicted molar refractivity (Wildman–Crippen MR) is 67.1 cm³/mol. The van der Waals surface area contributed by atoms with Gasteiger partial charge in [0.1, 0.15) is 5.65 Å². The molecule has 0 fully saturated rings. The first-order chi connectivity index (χ1) is 8.31. The summed E-state index contributed by atoms with van der Waals surface area (Å²) in [7, 11) is 0. The van der Waals surface area contributed by atoms with E-state index in [0.717, 1.165) is 31.5 Å². The summed E-state index contributed by atoms with van der Waals surface area (Å²) >= 11 is 0. The number of fused-ring (bicyclic) bond motifs is 1. The van der Waals surface area contributed by atoms with Gasteiger partial charge >= 0.3 is 0 Å². The molecule has 0 bridgehead atoms. The average Bonchev–Trinajstić information content (AvgIpc) is 2.81. The van der Waals surface area contributed by atoms with Gasteiger partial charge in [0.2, 0.25) is 0 Å². The first kappa shape index (κ1) is 11.6. The lowest BCUT2D eigenvalue weighted by Gasteiger charge is -2.05. The third-order valence-electron chi connectivity index (χ3n) is 2.72. The molecule has 4 heteroatoms. The maximum atomic E-state index is 11.8. The quantitative estimate of drug-likeness (QED) is 0.802. The molecule has 2 aromatic heterocycles. The first-order valence-electron chi connectivity index (χ1n) is 6.02. The van der Waals surface area contributed by atoms with Gasteiger partial charge in [-0.2, -0.15) is 0 Å². The van der Waals surface area contributed by atoms with Gasteiger partial charge in [0.25, 0.3) is 5.91 Å². The number of carbonyl (C=O) groups is 1. The Hall–Kier alpha value is -1.84. The molecule has 0 spiro atoms. The second-order valence-electron chi connectivity index (χ2n) is 4.07. The fourth-order valence-electron chi connectivity index (χ4n) is 1.73. The highest BCUT2D eigenvalue weighted by molar-refractivity contribution is 5.94. The Bertz CT molecular complexity index is 504. The Balaban J connectivity index is 1.98. The lowest BCUT2D eigenvalue weighted by atomic mass is 10.2. The number of hydrogen-bond acceptors (Lipinski definition) is 2. The Morgan fingerprint density at radius 3 is 3.12 bits per heavy atom. The molecule has 0 aromatic carbocycles. The van der Waals surface area contributed by atoms with Gasteiger partial charge in [-0.25, -0.2) is 4.98 Å². The van der Waals surface area contributed by atoms with Crippen LogP contribution in [0.25, 0.3) is 5.65 Å². The summed E-state index contributed by atoms with van der Waals surface area (Å²) in [4.78, 5) is 16.0. The van der Waals surface area contributed by atoms with E-state index in [2.05, 4.69) is 17.2 Å². The number of carbonyl (C=O) groups excluding carboxylic acids is 1. The number of aromatic nitrogens is 2. The highest BCUT2D eigenvalue weighted by Gasteiger charge is 2.05. The van der Waals surface area contributed by atoms with Crippen LogP contribution in [0.2, 0.25) is 0 Å². The monoisotopic (exact) mass is 231 g/mol. The fraction of sp³-hybridized carbons (Fsp3) is 0.385. The van der Waals surface area contributed by atoms with E-state index in [4.69, 9.17) is 0 Å². The summed E-state index contributed by atoms with van der Waals surface area (Å²) in [6, 6.07) is 3.65. The van der Waals surface area contributed by atoms with Crippen LogP contribution in [0.4, 0.5) is 0 Å². The van der Waals surface area contributed by atoms with Gasteiger partial charge in [0.05, 0.1) is 5.56 Å². The zero-order chi connectivity index (χ0) is 12.1. The number of hydrogen-bond donors (Lipinski definition) is 1. The SMILES string of the molecule is CCCCCNC(=O)c1ccc2nccn2c1. The molecule has 17 heavy (non-hydrogen) atoms. The number of amides is 1. The Labute approximate surface area is 101 Å². The van der Waals surface area contributed by atoms with Crippen LogP contribution in [-0.2, 0) is 0 Å². The minimum absolute atomic E-state index is 0.0169. The molecular weight excluding hydrogens is 214 g/mol. The zero-order valence-corrected chi connectivity index (χ0v) is 10.0. The smallest absolute Gasteiger partial charge is 0.252 e. The Morgan fingerprint density at radius 2 is 2.29 bits per heavy atom. The maximum absolute atomic E-state index is 11.8. The maximum Gasteiger partial charge on any atom is 0.252 e. The number of nitrogens with zero attached hydrogens (tertiary/aromatic N) is 2. The molecule has 2 aromatic rings. The third-order valence-corrected chi connectivity index (χ3v) is 2.72. The van der Waals surface area contributed by atoms with Crippen molar-refractivity contribution >= 4 is 11.6 Å². The topological polar surface area (TPSA) is 46.4 Å². The molecule has 0 aliphatic rings. The summed E-state index contributed by atoms with van der Waals surface area (Å²) < 4.78 is 1.85. The molecule has 0 saturated carbocycles. The van der Waals surface area contributed by atoms with Crippen LogP contribution in [0.5, 0.6) is 0 Å². The summed E-state index contributed by atoms with van der Waals surface area (Å²) in [5.74, 6) is -0.0169. The molecule has 0 aliphatic heterocycles. The van der Waals surface area contributed by atoms with Gasteiger partial charge in [-0.05, 0) is 18.6 Å². The molecule has 1 amide bonds. The summed E-state index contributed by atoms with van der Waals surface area (Å²) in [5, 5.41) is 2.92. The molecule has 4 nitrogen and oxygen atoms in total. The minimum Gasteiger partial charge on any atom is -0.352 e. The van der Waals surface area contributed by atoms with Crippen LogP contribution < -0.4 is 5.32 Å². The van der Waals surface area contributed by atoms with Crippen molar-refractivity contribution in [3.05, 3.63) is 36.3 Å². The van der Waals surface area contributed by atoms with Gasteiger partial charge in [-0.3, -0.25) is 4.79 Å². The van der Waals surface area contributed by atoms with Gasteiger partial charge in [0.15, 0.2) is 0 Å². The molecule has 0 aliphatic carbocycles. The molecule has 0 saturated heterocycles. The number of nitrogens with one attached hydrogen (secondary N) is 1. The van der Waals surface area contributed by atoms with Crippen molar-refractivity contribution in [3.63, 3.8) is 0 Å². The molecule has 2 heterocycles. The van der Waals surface area contributed by atoms with Crippen molar-refractivity contribution < 1.29 is 4.79 Å². The van der Waals surface area contributed by atoms with Crippen molar-refractivity contribution in [2.24, 2.45) is 0 Å². The highest BCUT2D eigenvalue weighted by atomic mass is 16.1. The lowest BCUT2D eigenvalue weighted by Crippen LogP contribution is -2.24. The highest BCUT2D eigenvalue weighted by Crippen LogP contribution is 2.04.